The number of carbonyl (C=O) groups is 2. The van der Waals surface area contributed by atoms with Crippen molar-refractivity contribution < 1.29 is 37.3 Å². The zero-order valence-electron chi connectivity index (χ0n) is 25.8. The van der Waals surface area contributed by atoms with Gasteiger partial charge < -0.3 is 23.8 Å². The van der Waals surface area contributed by atoms with Gasteiger partial charge in [0.05, 0.1) is 29.2 Å². The number of pyridine rings is 1. The Labute approximate surface area is 277 Å². The number of hydrogen-bond donors (Lipinski definition) is 0. The molecule has 2 unspecified atom stereocenters. The number of fused-ring (bicyclic) bond motifs is 7. The van der Waals surface area contributed by atoms with Crippen molar-refractivity contribution in [1.29, 1.82) is 0 Å². The molecule has 8 rings (SSSR count). The number of thiazole rings is 1. The molecule has 0 N–H and O–H groups in total. The fraction of sp³-hybridized carbons (Fsp3) is 0.353. The fourth-order valence-corrected chi connectivity index (χ4v) is 8.53. The third-order valence-corrected chi connectivity index (χ3v) is 10.9. The number of amides is 1. The quantitative estimate of drug-likeness (QED) is 0.206. The highest BCUT2D eigenvalue weighted by Gasteiger charge is 2.51. The Hall–Kier alpha value is -4.82. The van der Waals surface area contributed by atoms with Crippen molar-refractivity contribution in [3.63, 3.8) is 0 Å². The van der Waals surface area contributed by atoms with Gasteiger partial charge in [0.15, 0.2) is 17.3 Å². The molecule has 48 heavy (non-hydrogen) atoms. The van der Waals surface area contributed by atoms with Crippen molar-refractivity contribution in [1.82, 2.24) is 14.6 Å². The van der Waals surface area contributed by atoms with Gasteiger partial charge in [-0.2, -0.15) is 0 Å². The van der Waals surface area contributed by atoms with Crippen molar-refractivity contribution >= 4 is 23.4 Å². The third-order valence-electron chi connectivity index (χ3n) is 10.0. The van der Waals surface area contributed by atoms with Gasteiger partial charge in [-0.15, -0.1) is 11.3 Å². The van der Waals surface area contributed by atoms with Crippen LogP contribution in [-0.2, 0) is 14.2 Å². The normalized spacial score (nSPS) is 20.5. The van der Waals surface area contributed by atoms with Crippen LogP contribution in [0.2, 0.25) is 0 Å². The Morgan fingerprint density at radius 2 is 1.90 bits per heavy atom. The molecule has 2 aromatic heterocycles. The van der Waals surface area contributed by atoms with Crippen molar-refractivity contribution in [2.24, 2.45) is 5.41 Å². The molecule has 3 aliphatic heterocycles. The average Bonchev–Trinajstić information content (AvgIpc) is 3.54. The van der Waals surface area contributed by atoms with Crippen LogP contribution in [0.1, 0.15) is 53.3 Å². The predicted molar refractivity (Wildman–Crippen MR) is 169 cm³/mol. The molecule has 0 radical (unpaired) electrons. The zero-order chi connectivity index (χ0) is 33.2. The molecule has 2 atom stereocenters. The molecule has 4 aromatic rings. The summed E-state index contributed by atoms with van der Waals surface area (Å²) in [5.74, 6) is -2.76. The van der Waals surface area contributed by atoms with E-state index in [9.17, 15) is 14.4 Å². The van der Waals surface area contributed by atoms with Crippen molar-refractivity contribution in [3.05, 3.63) is 92.9 Å². The SMILES string of the molecule is COC(=O)OCOc1c2n(ccc1=O)N(C1c3ccccc3-c3scnc3-c3c1ccc(F)c3F)C1CC3(CCOCC3)CCN1C2=O. The highest BCUT2D eigenvalue weighted by molar-refractivity contribution is 7.13. The first-order valence-electron chi connectivity index (χ1n) is 15.6. The van der Waals surface area contributed by atoms with Gasteiger partial charge in [0.25, 0.3) is 5.91 Å². The van der Waals surface area contributed by atoms with Crippen LogP contribution in [0.5, 0.6) is 5.75 Å². The second-order valence-corrected chi connectivity index (χ2v) is 13.2. The van der Waals surface area contributed by atoms with Crippen LogP contribution < -0.4 is 15.2 Å². The molecular formula is C34H30F2N4O7S. The Kier molecular flexibility index (Phi) is 7.44. The van der Waals surface area contributed by atoms with E-state index in [2.05, 4.69) is 9.72 Å². The topological polar surface area (TPSA) is 112 Å². The summed E-state index contributed by atoms with van der Waals surface area (Å²) in [4.78, 5) is 46.4. The highest BCUT2D eigenvalue weighted by Crippen LogP contribution is 2.52. The van der Waals surface area contributed by atoms with Crippen LogP contribution in [0.15, 0.2) is 59.0 Å². The molecule has 2 fully saturated rings. The van der Waals surface area contributed by atoms with Crippen LogP contribution in [-0.4, -0.2) is 66.4 Å². The average molecular weight is 677 g/mol. The summed E-state index contributed by atoms with van der Waals surface area (Å²) >= 11 is 1.34. The molecule has 11 nitrogen and oxygen atoms in total. The molecule has 0 bridgehead atoms. The minimum atomic E-state index is -1.02. The number of nitrogens with zero attached hydrogens (tertiary/aromatic N) is 4. The van der Waals surface area contributed by atoms with Gasteiger partial charge in [-0.3, -0.25) is 19.3 Å². The Balaban J connectivity index is 1.38. The molecule has 0 saturated carbocycles. The lowest BCUT2D eigenvalue weighted by Gasteiger charge is -2.56. The summed E-state index contributed by atoms with van der Waals surface area (Å²) in [6.45, 7) is 0.917. The summed E-state index contributed by atoms with van der Waals surface area (Å²) in [5.41, 5.74) is 3.23. The molecular weight excluding hydrogens is 646 g/mol. The van der Waals surface area contributed by atoms with Gasteiger partial charge in [0.1, 0.15) is 6.17 Å². The molecule has 1 amide bonds. The summed E-state index contributed by atoms with van der Waals surface area (Å²) in [7, 11) is 1.14. The number of carbonyl (C=O) groups excluding carboxylic acids is 2. The number of piperidine rings is 1. The molecule has 5 heterocycles. The van der Waals surface area contributed by atoms with Gasteiger partial charge in [-0.25, -0.2) is 18.6 Å². The van der Waals surface area contributed by atoms with E-state index in [-0.39, 0.29) is 22.4 Å². The maximum Gasteiger partial charge on any atom is 0.510 e. The van der Waals surface area contributed by atoms with Crippen molar-refractivity contribution in [2.45, 2.75) is 37.9 Å². The predicted octanol–water partition coefficient (Wildman–Crippen LogP) is 5.45. The van der Waals surface area contributed by atoms with Crippen molar-refractivity contribution in [3.8, 4) is 27.4 Å². The van der Waals surface area contributed by atoms with E-state index < -0.39 is 48.1 Å². The Morgan fingerprint density at radius 1 is 1.08 bits per heavy atom. The van der Waals surface area contributed by atoms with Gasteiger partial charge >= 0.3 is 6.16 Å². The first-order valence-corrected chi connectivity index (χ1v) is 16.5. The number of benzene rings is 2. The zero-order valence-corrected chi connectivity index (χ0v) is 26.6. The van der Waals surface area contributed by atoms with E-state index in [1.165, 1.54) is 23.6 Å². The summed E-state index contributed by atoms with van der Waals surface area (Å²) in [5, 5.41) is 1.98. The van der Waals surface area contributed by atoms with E-state index in [0.717, 1.165) is 43.6 Å². The molecule has 248 valence electrons. The van der Waals surface area contributed by atoms with Crippen LogP contribution in [0.3, 0.4) is 0 Å². The first kappa shape index (κ1) is 30.5. The number of ether oxygens (including phenoxy) is 4. The van der Waals surface area contributed by atoms with Gasteiger partial charge in [0.2, 0.25) is 18.0 Å². The second-order valence-electron chi connectivity index (χ2n) is 12.3. The lowest BCUT2D eigenvalue weighted by atomic mass is 9.71. The van der Waals surface area contributed by atoms with E-state index in [0.29, 0.717) is 42.3 Å². The maximum absolute atomic E-state index is 16.1. The molecule has 14 heteroatoms. The fourth-order valence-electron chi connectivity index (χ4n) is 7.69. The van der Waals surface area contributed by atoms with Crippen LogP contribution in [0.25, 0.3) is 21.7 Å². The van der Waals surface area contributed by atoms with Crippen LogP contribution in [0, 0.1) is 17.0 Å². The molecule has 1 aliphatic carbocycles. The smallest absolute Gasteiger partial charge is 0.451 e. The van der Waals surface area contributed by atoms with Gasteiger partial charge in [0, 0.05) is 37.6 Å². The molecule has 4 aliphatic rings. The van der Waals surface area contributed by atoms with Gasteiger partial charge in [-0.1, -0.05) is 30.3 Å². The number of halogens is 2. The number of hydrogen-bond acceptors (Lipinski definition) is 10. The summed E-state index contributed by atoms with van der Waals surface area (Å²) in [6.07, 6.45) is 2.86. The van der Waals surface area contributed by atoms with Crippen LogP contribution in [0.4, 0.5) is 13.6 Å². The van der Waals surface area contributed by atoms with E-state index in [1.807, 2.05) is 29.3 Å². The van der Waals surface area contributed by atoms with E-state index >= 15 is 8.78 Å². The van der Waals surface area contributed by atoms with E-state index in [1.54, 1.807) is 21.2 Å². The summed E-state index contributed by atoms with van der Waals surface area (Å²) in [6, 6.07) is 10.8. The summed E-state index contributed by atoms with van der Waals surface area (Å²) < 4.78 is 53.5. The molecule has 2 saturated heterocycles. The maximum atomic E-state index is 16.1. The Bertz CT molecular complexity index is 2010. The van der Waals surface area contributed by atoms with E-state index in [4.69, 9.17) is 14.2 Å². The number of methoxy groups -OCH3 is 1. The second kappa shape index (κ2) is 11.7. The minimum absolute atomic E-state index is 0.0398. The lowest BCUT2D eigenvalue weighted by Crippen LogP contribution is -2.66. The third kappa shape index (κ3) is 4.68. The highest BCUT2D eigenvalue weighted by atomic mass is 32.1. The number of aromatic nitrogens is 2. The largest absolute Gasteiger partial charge is 0.510 e. The first-order chi connectivity index (χ1) is 23.3. The molecule has 1 spiro atoms. The van der Waals surface area contributed by atoms with Gasteiger partial charge in [-0.05, 0) is 53.9 Å². The lowest BCUT2D eigenvalue weighted by molar-refractivity contribution is -0.0433. The number of rotatable bonds is 4. The minimum Gasteiger partial charge on any atom is -0.451 e. The standard InChI is InChI=1S/C34H30F2N4O7S/c1-44-33(43)47-18-46-30-23(41)8-12-39-29(30)32(42)38-13-9-34(10-14-45-15-11-34)16-24(38)40(39)28-19-4-2-3-5-20(19)31-27(37-17-48-31)25-21(28)6-7-22(35)26(25)36/h2-8,12,17,24,28H,9-11,13-16,18H2,1H3. The van der Waals surface area contributed by atoms with Crippen molar-refractivity contribution in [2.75, 3.05) is 38.7 Å². The molecule has 2 aromatic carbocycles. The Morgan fingerprint density at radius 3 is 2.71 bits per heavy atom. The monoisotopic (exact) mass is 676 g/mol. The van der Waals surface area contributed by atoms with Crippen LogP contribution >= 0.6 is 11.3 Å².